The van der Waals surface area contributed by atoms with Gasteiger partial charge in [0, 0.05) is 82.1 Å². The summed E-state index contributed by atoms with van der Waals surface area (Å²) in [4.78, 5) is 25.9. The molecule has 6 rings (SSSR count). The molecule has 4 aromatic rings. The predicted molar refractivity (Wildman–Crippen MR) is 233 cm³/mol. The number of likely N-dealkylation sites (N-methyl/N-ethyl adjacent to an activating group) is 1. The van der Waals surface area contributed by atoms with E-state index in [1.165, 1.54) is 22.6 Å². The number of anilines is 6. The summed E-state index contributed by atoms with van der Waals surface area (Å²) in [6, 6.07) is 18.3. The highest BCUT2D eigenvalue weighted by molar-refractivity contribution is 7.92. The minimum atomic E-state index is -3.70. The van der Waals surface area contributed by atoms with Crippen LogP contribution in [0.25, 0.3) is 12.2 Å². The van der Waals surface area contributed by atoms with Gasteiger partial charge >= 0.3 is 0 Å². The Hall–Kier alpha value is -5.31. The fourth-order valence-electron chi connectivity index (χ4n) is 7.33. The van der Waals surface area contributed by atoms with Gasteiger partial charge < -0.3 is 25.2 Å². The minimum absolute atomic E-state index is 0.305. The van der Waals surface area contributed by atoms with Gasteiger partial charge in [0.05, 0.1) is 30.4 Å². The molecular weight excluding hydrogens is 725 g/mol. The topological polar surface area (TPSA) is 131 Å². The van der Waals surface area contributed by atoms with E-state index in [1.54, 1.807) is 38.6 Å². The smallest absolute Gasteiger partial charge is 0.232 e. The van der Waals surface area contributed by atoms with Crippen molar-refractivity contribution in [1.82, 2.24) is 19.8 Å². The zero-order valence-electron chi connectivity index (χ0n) is 33.4. The van der Waals surface area contributed by atoms with Crippen LogP contribution in [0, 0.1) is 0 Å². The Morgan fingerprint density at radius 1 is 1.00 bits per heavy atom. The highest BCUT2D eigenvalue weighted by atomic mass is 32.2. The third-order valence-corrected chi connectivity index (χ3v) is 11.8. The lowest BCUT2D eigenvalue weighted by Gasteiger charge is -2.43. The first-order valence-corrected chi connectivity index (χ1v) is 21.0. The number of sulfonamides is 1. The summed E-state index contributed by atoms with van der Waals surface area (Å²) in [6.07, 6.45) is 11.5. The number of rotatable bonds is 14. The van der Waals surface area contributed by atoms with Crippen LogP contribution in [0.2, 0.25) is 0 Å². The first-order valence-electron chi connectivity index (χ1n) is 19.1. The van der Waals surface area contributed by atoms with Gasteiger partial charge in [-0.3, -0.25) is 19.2 Å². The number of hydrogen-bond donors (Lipinski definition) is 2. The molecule has 0 saturated carbocycles. The number of piperidine rings is 1. The number of aliphatic imine (C=N–C) groups is 2. The molecule has 3 aromatic carbocycles. The molecule has 3 heterocycles. The van der Waals surface area contributed by atoms with Crippen molar-refractivity contribution < 1.29 is 13.2 Å². The molecule has 0 amide bonds. The lowest BCUT2D eigenvalue weighted by atomic mass is 9.99. The lowest BCUT2D eigenvalue weighted by molar-refractivity contribution is 0.0982. The number of aromatic nitrogens is 2. The van der Waals surface area contributed by atoms with E-state index in [9.17, 15) is 8.42 Å². The maximum Gasteiger partial charge on any atom is 0.232 e. The van der Waals surface area contributed by atoms with E-state index in [4.69, 9.17) is 14.7 Å². The Balaban J connectivity index is 1.34. The summed E-state index contributed by atoms with van der Waals surface area (Å²) in [6.45, 7) is 14.2. The third-order valence-electron chi connectivity index (χ3n) is 10.6. The number of hydrogen-bond acceptors (Lipinski definition) is 12. The van der Waals surface area contributed by atoms with Crippen LogP contribution in [0.1, 0.15) is 43.4 Å². The second-order valence-electron chi connectivity index (χ2n) is 14.2. The van der Waals surface area contributed by atoms with E-state index < -0.39 is 10.0 Å². The number of nitrogens with zero attached hydrogens (tertiary/aromatic N) is 8. The highest BCUT2D eigenvalue weighted by Gasteiger charge is 2.28. The molecule has 2 N–H and O–H groups in total. The second-order valence-corrected chi connectivity index (χ2v) is 16.2. The van der Waals surface area contributed by atoms with Gasteiger partial charge in [-0.2, -0.15) is 4.98 Å². The molecule has 2 aliphatic heterocycles. The van der Waals surface area contributed by atoms with Gasteiger partial charge in [0.15, 0.2) is 0 Å². The van der Waals surface area contributed by atoms with Crippen molar-refractivity contribution in [3.63, 3.8) is 0 Å². The van der Waals surface area contributed by atoms with Crippen LogP contribution in [-0.4, -0.2) is 114 Å². The number of piperazine rings is 1. The summed E-state index contributed by atoms with van der Waals surface area (Å²) in [5, 5.41) is 6.84. The monoisotopic (exact) mass is 778 g/mol. The van der Waals surface area contributed by atoms with Gasteiger partial charge in [0.25, 0.3) is 0 Å². The summed E-state index contributed by atoms with van der Waals surface area (Å²) >= 11 is 0. The highest BCUT2D eigenvalue weighted by Crippen LogP contribution is 2.45. The molecule has 0 unspecified atom stereocenters. The maximum atomic E-state index is 12.9. The Labute approximate surface area is 331 Å². The average Bonchev–Trinajstić information content (AvgIpc) is 3.21. The van der Waals surface area contributed by atoms with Crippen LogP contribution in [0.3, 0.4) is 0 Å². The lowest BCUT2D eigenvalue weighted by Crippen LogP contribution is -2.52. The fraction of sp³-hybridized carbons (Fsp3) is 0.381. The number of aryl methyl sites for hydroxylation is 1. The van der Waals surface area contributed by atoms with Gasteiger partial charge in [-0.05, 0) is 75.4 Å². The fourth-order valence-corrected chi connectivity index (χ4v) is 7.84. The zero-order chi connectivity index (χ0) is 39.8. The summed E-state index contributed by atoms with van der Waals surface area (Å²) < 4.78 is 33.0. The predicted octanol–water partition coefficient (Wildman–Crippen LogP) is 7.37. The molecule has 13 nitrogen and oxygen atoms in total. The van der Waals surface area contributed by atoms with E-state index in [0.29, 0.717) is 51.9 Å². The molecule has 0 atom stereocenters. The Morgan fingerprint density at radius 2 is 1.73 bits per heavy atom. The van der Waals surface area contributed by atoms with Crippen LogP contribution >= 0.6 is 0 Å². The van der Waals surface area contributed by atoms with Crippen LogP contribution in [0.5, 0.6) is 5.75 Å². The number of nitrogens with one attached hydrogen (secondary N) is 2. The summed E-state index contributed by atoms with van der Waals surface area (Å²) in [5.41, 5.74) is 6.38. The Morgan fingerprint density at radius 3 is 2.38 bits per heavy atom. The molecule has 14 heteroatoms. The standard InChI is InChI=1S/C42H54N10O3S/c1-8-31-27-36(38(55-6)28-37(31)52-21-19-33(20-22-52)51-25-23-49(4)24-26-51)47-42-45-29-32(16-15-30-13-11-10-12-14-30)41(48-42)46-35-18-17-34(43-3)39(44-9-2)40(35)50(5)56(7,53)54/h9-18,27-29,33H,3,8,19-26H2,1-2,4-7H3,(H2,45,46,47,48)/b16-15+,44-9-. The zero-order valence-corrected chi connectivity index (χ0v) is 34.2. The van der Waals surface area contributed by atoms with Crippen molar-refractivity contribution in [2.24, 2.45) is 9.98 Å². The molecule has 2 saturated heterocycles. The molecule has 2 aliphatic rings. The Kier molecular flexibility index (Phi) is 13.0. The average molecular weight is 779 g/mol. The first kappa shape index (κ1) is 40.4. The van der Waals surface area contributed by atoms with Gasteiger partial charge in [0.2, 0.25) is 16.0 Å². The molecule has 0 bridgehead atoms. The van der Waals surface area contributed by atoms with Crippen molar-refractivity contribution >= 4 is 81.0 Å². The molecule has 0 aliphatic carbocycles. The molecule has 296 valence electrons. The number of methoxy groups -OCH3 is 1. The molecular formula is C42H54N10O3S. The van der Waals surface area contributed by atoms with Crippen molar-refractivity contribution in [3.8, 4) is 5.75 Å². The van der Waals surface area contributed by atoms with Crippen LogP contribution in [0.15, 0.2) is 70.8 Å². The van der Waals surface area contributed by atoms with Crippen LogP contribution in [0.4, 0.5) is 45.9 Å². The van der Waals surface area contributed by atoms with Crippen molar-refractivity contribution in [1.29, 1.82) is 0 Å². The normalized spacial score (nSPS) is 16.1. The third kappa shape index (κ3) is 9.37. The van der Waals surface area contributed by atoms with Crippen LogP contribution < -0.4 is 24.6 Å². The molecule has 2 fully saturated rings. The molecule has 1 aromatic heterocycles. The second kappa shape index (κ2) is 18.1. The van der Waals surface area contributed by atoms with E-state index in [2.05, 4.69) is 68.1 Å². The van der Waals surface area contributed by atoms with Crippen molar-refractivity contribution in [2.75, 3.05) is 86.6 Å². The quantitative estimate of drug-likeness (QED) is 0.125. The summed E-state index contributed by atoms with van der Waals surface area (Å²) in [5.74, 6) is 1.47. The van der Waals surface area contributed by atoms with Crippen molar-refractivity contribution in [2.45, 2.75) is 39.2 Å². The Bertz CT molecular complexity index is 2160. The van der Waals surface area contributed by atoms with E-state index in [0.717, 1.165) is 76.0 Å². The molecule has 56 heavy (non-hydrogen) atoms. The van der Waals surface area contributed by atoms with Crippen molar-refractivity contribution in [3.05, 3.63) is 77.5 Å². The summed E-state index contributed by atoms with van der Waals surface area (Å²) in [7, 11) is 1.67. The van der Waals surface area contributed by atoms with Gasteiger partial charge in [0.1, 0.15) is 22.9 Å². The van der Waals surface area contributed by atoms with Gasteiger partial charge in [-0.25, -0.2) is 13.4 Å². The van der Waals surface area contributed by atoms with Gasteiger partial charge in [-0.1, -0.05) is 43.3 Å². The largest absolute Gasteiger partial charge is 0.494 e. The molecule has 0 spiro atoms. The first-order chi connectivity index (χ1) is 27.0. The SMILES string of the molecule is C=Nc1ccc(Nc2nc(Nc3cc(CC)c(N4CCC(N5CCN(C)CC5)CC4)cc3OC)ncc2/C=C/c2ccccc2)c(N(C)S(C)(=O)=O)c1/N=C\C. The number of benzene rings is 3. The minimum Gasteiger partial charge on any atom is -0.494 e. The van der Waals surface area contributed by atoms with E-state index in [-0.39, 0.29) is 0 Å². The van der Waals surface area contributed by atoms with E-state index >= 15 is 0 Å². The number of ether oxygens (including phenoxy) is 1. The van der Waals surface area contributed by atoms with Crippen LogP contribution in [-0.2, 0) is 16.4 Å². The van der Waals surface area contributed by atoms with Gasteiger partial charge in [-0.15, -0.1) is 0 Å². The maximum absolute atomic E-state index is 12.9. The molecule has 0 radical (unpaired) electrons. The van der Waals surface area contributed by atoms with E-state index in [1.807, 2.05) is 42.5 Å².